The van der Waals surface area contributed by atoms with Crippen LogP contribution in [0.25, 0.3) is 16.7 Å². The number of benzene rings is 3. The number of nitrogens with zero attached hydrogens (tertiary/aromatic N) is 3. The number of rotatable bonds is 5. The molecule has 0 atom stereocenters. The van der Waals surface area contributed by atoms with E-state index in [4.69, 9.17) is 0 Å². The van der Waals surface area contributed by atoms with Crippen molar-refractivity contribution in [3.8, 4) is 5.69 Å². The van der Waals surface area contributed by atoms with Crippen LogP contribution in [0, 0.1) is 6.92 Å². The van der Waals surface area contributed by atoms with Crippen molar-refractivity contribution in [2.75, 3.05) is 19.4 Å². The number of aryl methyl sites for hydroxylation is 1. The standard InChI is InChI=1S/C23H22N4O3S/c1-16-24-21-14-17(12-13-22(21)27(16)19-9-5-4-6-10-19)23(28)25-18-8-7-11-20(15-18)31(29,30)26(2)3/h4-15H,1-3H3,(H,25,28). The minimum atomic E-state index is -3.59. The number of aromatic nitrogens is 2. The normalized spacial score (nSPS) is 11.7. The molecule has 0 bridgehead atoms. The summed E-state index contributed by atoms with van der Waals surface area (Å²) in [6.07, 6.45) is 0. The molecule has 4 aromatic rings. The number of hydrogen-bond donors (Lipinski definition) is 1. The first-order valence-electron chi connectivity index (χ1n) is 9.66. The highest BCUT2D eigenvalue weighted by molar-refractivity contribution is 7.89. The van der Waals surface area contributed by atoms with Crippen molar-refractivity contribution in [1.82, 2.24) is 13.9 Å². The Kier molecular flexibility index (Phi) is 5.34. The van der Waals surface area contributed by atoms with Crippen LogP contribution in [-0.2, 0) is 10.0 Å². The first-order chi connectivity index (χ1) is 14.8. The lowest BCUT2D eigenvalue weighted by Crippen LogP contribution is -2.22. The first kappa shape index (κ1) is 20.8. The second-order valence-corrected chi connectivity index (χ2v) is 9.45. The topological polar surface area (TPSA) is 84.3 Å². The van der Waals surface area contributed by atoms with Gasteiger partial charge in [0.05, 0.1) is 15.9 Å². The fourth-order valence-corrected chi connectivity index (χ4v) is 4.34. The third kappa shape index (κ3) is 3.95. The van der Waals surface area contributed by atoms with Crippen LogP contribution < -0.4 is 5.32 Å². The molecule has 3 aromatic carbocycles. The van der Waals surface area contributed by atoms with E-state index in [2.05, 4.69) is 10.3 Å². The van der Waals surface area contributed by atoms with Crippen molar-refractivity contribution in [1.29, 1.82) is 0 Å². The fraction of sp³-hybridized carbons (Fsp3) is 0.130. The lowest BCUT2D eigenvalue weighted by atomic mass is 10.1. The average molecular weight is 435 g/mol. The second kappa shape index (κ2) is 7.98. The van der Waals surface area contributed by atoms with E-state index in [-0.39, 0.29) is 10.8 Å². The zero-order valence-corrected chi connectivity index (χ0v) is 18.2. The smallest absolute Gasteiger partial charge is 0.255 e. The van der Waals surface area contributed by atoms with E-state index in [9.17, 15) is 13.2 Å². The Hall–Kier alpha value is -3.49. The Labute approximate surface area is 181 Å². The van der Waals surface area contributed by atoms with Crippen molar-refractivity contribution in [3.05, 3.63) is 84.2 Å². The highest BCUT2D eigenvalue weighted by atomic mass is 32.2. The van der Waals surface area contributed by atoms with Gasteiger partial charge in [-0.2, -0.15) is 0 Å². The maximum absolute atomic E-state index is 12.8. The number of carbonyl (C=O) groups is 1. The highest BCUT2D eigenvalue weighted by Gasteiger charge is 2.18. The predicted molar refractivity (Wildman–Crippen MR) is 121 cm³/mol. The molecule has 4 rings (SSSR count). The van der Waals surface area contributed by atoms with Crippen molar-refractivity contribution in [3.63, 3.8) is 0 Å². The molecule has 158 valence electrons. The predicted octanol–water partition coefficient (Wildman–Crippen LogP) is 3.84. The van der Waals surface area contributed by atoms with Crippen LogP contribution in [0.5, 0.6) is 0 Å². The van der Waals surface area contributed by atoms with E-state index >= 15 is 0 Å². The quantitative estimate of drug-likeness (QED) is 0.517. The van der Waals surface area contributed by atoms with Crippen LogP contribution in [0.1, 0.15) is 16.2 Å². The number of carbonyl (C=O) groups excluding carboxylic acids is 1. The summed E-state index contributed by atoms with van der Waals surface area (Å²) in [5.41, 5.74) is 3.45. The average Bonchev–Trinajstić information content (AvgIpc) is 3.09. The van der Waals surface area contributed by atoms with Gasteiger partial charge in [-0.25, -0.2) is 17.7 Å². The summed E-state index contributed by atoms with van der Waals surface area (Å²) in [7, 11) is -0.658. The highest BCUT2D eigenvalue weighted by Crippen LogP contribution is 2.23. The van der Waals surface area contributed by atoms with Crippen LogP contribution in [0.15, 0.2) is 77.7 Å². The fourth-order valence-electron chi connectivity index (χ4n) is 3.39. The van der Waals surface area contributed by atoms with Crippen molar-refractivity contribution in [2.45, 2.75) is 11.8 Å². The molecule has 0 saturated heterocycles. The third-order valence-electron chi connectivity index (χ3n) is 4.97. The maximum Gasteiger partial charge on any atom is 0.255 e. The zero-order valence-electron chi connectivity index (χ0n) is 17.4. The molecular formula is C23H22N4O3S. The second-order valence-electron chi connectivity index (χ2n) is 7.30. The van der Waals surface area contributed by atoms with Crippen LogP contribution in [0.2, 0.25) is 0 Å². The van der Waals surface area contributed by atoms with E-state index < -0.39 is 10.0 Å². The van der Waals surface area contributed by atoms with Crippen molar-refractivity contribution >= 4 is 32.7 Å². The molecule has 0 aliphatic heterocycles. The van der Waals surface area contributed by atoms with Gasteiger partial charge < -0.3 is 5.32 Å². The van der Waals surface area contributed by atoms with E-state index in [0.29, 0.717) is 16.8 Å². The van der Waals surface area contributed by atoms with Gasteiger partial charge in [0, 0.05) is 31.0 Å². The molecule has 1 aromatic heterocycles. The van der Waals surface area contributed by atoms with E-state index in [1.165, 1.54) is 26.2 Å². The van der Waals surface area contributed by atoms with Crippen LogP contribution >= 0.6 is 0 Å². The molecule has 0 spiro atoms. The van der Waals surface area contributed by atoms with Gasteiger partial charge >= 0.3 is 0 Å². The summed E-state index contributed by atoms with van der Waals surface area (Å²) in [5.74, 6) is 0.480. The third-order valence-corrected chi connectivity index (χ3v) is 6.78. The summed E-state index contributed by atoms with van der Waals surface area (Å²) in [5, 5.41) is 2.77. The van der Waals surface area contributed by atoms with Gasteiger partial charge in [0.1, 0.15) is 5.82 Å². The van der Waals surface area contributed by atoms with E-state index in [1.807, 2.05) is 47.9 Å². The van der Waals surface area contributed by atoms with Crippen LogP contribution in [-0.4, -0.2) is 42.3 Å². The summed E-state index contributed by atoms with van der Waals surface area (Å²) < 4.78 is 27.8. The molecule has 0 fully saturated rings. The lowest BCUT2D eigenvalue weighted by Gasteiger charge is -2.12. The van der Waals surface area contributed by atoms with Gasteiger partial charge in [-0.05, 0) is 55.5 Å². The molecule has 0 aliphatic rings. The minimum Gasteiger partial charge on any atom is -0.322 e. The van der Waals surface area contributed by atoms with Gasteiger partial charge in [-0.3, -0.25) is 9.36 Å². The van der Waals surface area contributed by atoms with E-state index in [1.54, 1.807) is 24.3 Å². The molecule has 31 heavy (non-hydrogen) atoms. The molecule has 0 saturated carbocycles. The van der Waals surface area contributed by atoms with Crippen molar-refractivity contribution in [2.24, 2.45) is 0 Å². The molecular weight excluding hydrogens is 412 g/mol. The van der Waals surface area contributed by atoms with E-state index in [0.717, 1.165) is 21.3 Å². The van der Waals surface area contributed by atoms with Gasteiger partial charge in [0.2, 0.25) is 10.0 Å². The van der Waals surface area contributed by atoms with Crippen molar-refractivity contribution < 1.29 is 13.2 Å². The number of nitrogens with one attached hydrogen (secondary N) is 1. The molecule has 1 heterocycles. The Morgan fingerprint density at radius 2 is 1.71 bits per heavy atom. The largest absolute Gasteiger partial charge is 0.322 e. The molecule has 8 heteroatoms. The Morgan fingerprint density at radius 1 is 0.968 bits per heavy atom. The molecule has 0 unspecified atom stereocenters. The Balaban J connectivity index is 1.64. The van der Waals surface area contributed by atoms with Crippen LogP contribution in [0.4, 0.5) is 5.69 Å². The number of amides is 1. The van der Waals surface area contributed by atoms with Gasteiger partial charge in [-0.15, -0.1) is 0 Å². The minimum absolute atomic E-state index is 0.114. The molecule has 0 radical (unpaired) electrons. The maximum atomic E-state index is 12.8. The first-order valence-corrected chi connectivity index (χ1v) is 11.1. The lowest BCUT2D eigenvalue weighted by molar-refractivity contribution is 0.102. The number of anilines is 1. The summed E-state index contributed by atoms with van der Waals surface area (Å²) in [6, 6.07) is 21.4. The Bertz CT molecular complexity index is 1380. The summed E-state index contributed by atoms with van der Waals surface area (Å²) in [4.78, 5) is 17.5. The number of sulfonamides is 1. The van der Waals surface area contributed by atoms with Gasteiger partial charge in [-0.1, -0.05) is 24.3 Å². The summed E-state index contributed by atoms with van der Waals surface area (Å²) in [6.45, 7) is 1.92. The SMILES string of the molecule is Cc1nc2cc(C(=O)Nc3cccc(S(=O)(=O)N(C)C)c3)ccc2n1-c1ccccc1. The molecule has 1 amide bonds. The number of hydrogen-bond acceptors (Lipinski definition) is 4. The zero-order chi connectivity index (χ0) is 22.2. The Morgan fingerprint density at radius 3 is 2.42 bits per heavy atom. The molecule has 1 N–H and O–H groups in total. The van der Waals surface area contributed by atoms with Crippen LogP contribution in [0.3, 0.4) is 0 Å². The molecule has 0 aliphatic carbocycles. The molecule has 7 nitrogen and oxygen atoms in total. The monoisotopic (exact) mass is 434 g/mol. The number of imidazole rings is 1. The van der Waals surface area contributed by atoms with Gasteiger partial charge in [0.15, 0.2) is 0 Å². The summed E-state index contributed by atoms with van der Waals surface area (Å²) >= 11 is 0. The number of fused-ring (bicyclic) bond motifs is 1. The van der Waals surface area contributed by atoms with Gasteiger partial charge in [0.25, 0.3) is 5.91 Å². The number of para-hydroxylation sites is 1.